The minimum Gasteiger partial charge on any atom is -0.465 e. The molecule has 0 bridgehead atoms. The lowest BCUT2D eigenvalue weighted by molar-refractivity contribution is -0.297. The molecule has 0 radical (unpaired) electrons. The number of carbonyl (C=O) groups is 3. The van der Waals surface area contributed by atoms with Crippen LogP contribution in [0.3, 0.4) is 0 Å². The number of aliphatic hydroxyl groups is 4. The Morgan fingerprint density at radius 1 is 1.18 bits per heavy atom. The highest BCUT2D eigenvalue weighted by atomic mass is 16.6. The molecule has 2 heterocycles. The molecule has 6 rings (SSSR count). The quantitative estimate of drug-likeness (QED) is 0.291. The van der Waals surface area contributed by atoms with Gasteiger partial charge in [-0.3, -0.25) is 9.59 Å². The third-order valence-electron chi connectivity index (χ3n) is 12.3. The topological polar surface area (TPSA) is 163 Å². The summed E-state index contributed by atoms with van der Waals surface area (Å²) in [7, 11) is 0. The smallest absolute Gasteiger partial charge is 0.334 e. The molecule has 2 aliphatic heterocycles. The Morgan fingerprint density at radius 3 is 2.52 bits per heavy atom. The molecule has 10 heteroatoms. The molecular weight excluding hydrogens is 520 g/mol. The average molecular weight is 561 g/mol. The van der Waals surface area contributed by atoms with E-state index in [2.05, 4.69) is 0 Å². The first-order chi connectivity index (χ1) is 18.5. The second-order valence-electron chi connectivity index (χ2n) is 13.6. The van der Waals surface area contributed by atoms with Crippen molar-refractivity contribution < 1.29 is 49.0 Å². The zero-order valence-electron chi connectivity index (χ0n) is 23.7. The van der Waals surface area contributed by atoms with E-state index in [1.54, 1.807) is 20.8 Å². The van der Waals surface area contributed by atoms with E-state index in [1.165, 1.54) is 26.0 Å². The summed E-state index contributed by atoms with van der Waals surface area (Å²) in [6.45, 7) is 7.55. The van der Waals surface area contributed by atoms with Gasteiger partial charge in [-0.25, -0.2) is 4.79 Å². The van der Waals surface area contributed by atoms with E-state index in [9.17, 15) is 34.8 Å². The number of cyclic esters (lactones) is 1. The molecule has 0 aromatic rings. The number of epoxide rings is 1. The molecule has 0 aromatic carbocycles. The molecule has 40 heavy (non-hydrogen) atoms. The first kappa shape index (κ1) is 28.0. The molecule has 4 fully saturated rings. The van der Waals surface area contributed by atoms with E-state index in [0.717, 1.165) is 5.57 Å². The van der Waals surface area contributed by atoms with Crippen LogP contribution in [0.1, 0.15) is 73.1 Å². The molecule has 11 atom stereocenters. The zero-order chi connectivity index (χ0) is 29.3. The van der Waals surface area contributed by atoms with Crippen molar-refractivity contribution in [1.82, 2.24) is 0 Å². The van der Waals surface area contributed by atoms with Crippen LogP contribution in [0.5, 0.6) is 0 Å². The number of rotatable bonds is 4. The van der Waals surface area contributed by atoms with Crippen LogP contribution in [0.4, 0.5) is 0 Å². The minimum atomic E-state index is -2.01. The normalized spacial score (nSPS) is 50.7. The number of hydrogen-bond acceptors (Lipinski definition) is 10. The van der Waals surface area contributed by atoms with Crippen molar-refractivity contribution in [2.45, 2.75) is 114 Å². The van der Waals surface area contributed by atoms with Crippen LogP contribution >= 0.6 is 0 Å². The van der Waals surface area contributed by atoms with Gasteiger partial charge in [0.05, 0.1) is 22.5 Å². The molecule has 1 saturated heterocycles. The fourth-order valence-corrected chi connectivity index (χ4v) is 9.72. The second kappa shape index (κ2) is 8.25. The molecule has 0 amide bonds. The van der Waals surface area contributed by atoms with Gasteiger partial charge in [-0.05, 0) is 83.8 Å². The van der Waals surface area contributed by atoms with Crippen LogP contribution in [0.2, 0.25) is 0 Å². The predicted molar refractivity (Wildman–Crippen MR) is 138 cm³/mol. The van der Waals surface area contributed by atoms with Gasteiger partial charge >= 0.3 is 11.9 Å². The highest BCUT2D eigenvalue weighted by molar-refractivity contribution is 5.98. The van der Waals surface area contributed by atoms with Crippen LogP contribution < -0.4 is 0 Å². The number of allylic oxidation sites excluding steroid dienone is 1. The van der Waals surface area contributed by atoms with E-state index in [1.807, 2.05) is 0 Å². The maximum absolute atomic E-state index is 13.5. The van der Waals surface area contributed by atoms with Gasteiger partial charge < -0.3 is 34.6 Å². The van der Waals surface area contributed by atoms with Gasteiger partial charge in [0.15, 0.2) is 5.78 Å². The van der Waals surface area contributed by atoms with E-state index in [0.29, 0.717) is 18.4 Å². The highest BCUT2D eigenvalue weighted by Crippen LogP contribution is 2.75. The Labute approximate surface area is 233 Å². The van der Waals surface area contributed by atoms with E-state index < -0.39 is 69.4 Å². The Bertz CT molecular complexity index is 1250. The van der Waals surface area contributed by atoms with Crippen molar-refractivity contribution in [1.29, 1.82) is 0 Å². The zero-order valence-corrected chi connectivity index (χ0v) is 23.7. The molecule has 6 aliphatic rings. The van der Waals surface area contributed by atoms with Crippen molar-refractivity contribution >= 4 is 17.7 Å². The van der Waals surface area contributed by atoms with E-state index >= 15 is 0 Å². The van der Waals surface area contributed by atoms with Gasteiger partial charge in [0, 0.05) is 18.9 Å². The van der Waals surface area contributed by atoms with Gasteiger partial charge in [0.25, 0.3) is 0 Å². The number of hydrogen-bond donors (Lipinski definition) is 4. The number of aliphatic hydroxyl groups excluding tert-OH is 1. The maximum atomic E-state index is 13.5. The van der Waals surface area contributed by atoms with Crippen molar-refractivity contribution in [2.75, 3.05) is 6.61 Å². The lowest BCUT2D eigenvalue weighted by Gasteiger charge is -2.64. The summed E-state index contributed by atoms with van der Waals surface area (Å²) in [5.41, 5.74) is -8.16. The first-order valence-electron chi connectivity index (χ1n) is 14.3. The fourth-order valence-electron chi connectivity index (χ4n) is 9.72. The van der Waals surface area contributed by atoms with Crippen LogP contribution in [0, 0.1) is 22.7 Å². The Kier molecular flexibility index (Phi) is 5.78. The molecule has 3 saturated carbocycles. The summed E-state index contributed by atoms with van der Waals surface area (Å²) in [5, 5.41) is 48.5. The number of esters is 2. The maximum Gasteiger partial charge on any atom is 0.334 e. The summed E-state index contributed by atoms with van der Waals surface area (Å²) in [4.78, 5) is 38.2. The van der Waals surface area contributed by atoms with Crippen molar-refractivity contribution in [2.24, 2.45) is 22.7 Å². The van der Waals surface area contributed by atoms with Gasteiger partial charge in [0.2, 0.25) is 0 Å². The molecule has 4 N–H and O–H groups in total. The Balaban J connectivity index is 1.45. The number of ketones is 1. The van der Waals surface area contributed by atoms with Crippen LogP contribution in [0.15, 0.2) is 23.3 Å². The summed E-state index contributed by atoms with van der Waals surface area (Å²) < 4.78 is 17.3. The SMILES string of the molecule is CC(=O)OC[C@]12CC[C@H]3[C@@H](C[C@H]4O[C@]45[C@@H](O)C=CC(=O)[C@]35C)[C@]1(O)CC[C@@]2(O)C(C)(O)[C@H]1CC(C)=C(C)C(=O)O1. The summed E-state index contributed by atoms with van der Waals surface area (Å²) >= 11 is 0. The Hall–Kier alpha value is -2.11. The number of ether oxygens (including phenoxy) is 3. The van der Waals surface area contributed by atoms with Crippen molar-refractivity contribution in [3.05, 3.63) is 23.3 Å². The molecule has 10 nitrogen and oxygen atoms in total. The molecule has 220 valence electrons. The first-order valence-corrected chi connectivity index (χ1v) is 14.3. The third kappa shape index (κ3) is 2.99. The van der Waals surface area contributed by atoms with Crippen molar-refractivity contribution in [3.63, 3.8) is 0 Å². The van der Waals surface area contributed by atoms with Gasteiger partial charge in [-0.15, -0.1) is 0 Å². The summed E-state index contributed by atoms with van der Waals surface area (Å²) in [6, 6.07) is 0. The average Bonchev–Trinajstić information content (AvgIpc) is 3.58. The molecule has 1 unspecified atom stereocenters. The van der Waals surface area contributed by atoms with Crippen LogP contribution in [-0.4, -0.2) is 85.5 Å². The fraction of sp³-hybridized carbons (Fsp3) is 0.767. The summed E-state index contributed by atoms with van der Waals surface area (Å²) in [5.74, 6) is -2.28. The minimum absolute atomic E-state index is 0.0410. The van der Waals surface area contributed by atoms with E-state index in [4.69, 9.17) is 14.2 Å². The van der Waals surface area contributed by atoms with Crippen LogP contribution in [0.25, 0.3) is 0 Å². The van der Waals surface area contributed by atoms with Crippen LogP contribution in [-0.2, 0) is 28.6 Å². The largest absolute Gasteiger partial charge is 0.465 e. The Morgan fingerprint density at radius 2 is 1.88 bits per heavy atom. The lowest BCUT2D eigenvalue weighted by Crippen LogP contribution is -2.75. The molecular formula is C30H40O10. The molecule has 1 spiro atoms. The number of fused-ring (bicyclic) bond motifs is 4. The standard InChI is InChI=1S/C30H40O10/c1-15-12-22(39-24(34)16(15)2)26(5,35)29(37)11-10-28(36)19-13-23-30(40-23)21(33)7-6-20(32)25(30,4)18(19)8-9-27(28,29)14-38-17(3)31/h6-7,18-19,21-23,33,35-37H,8-14H2,1-5H3/t18-,19+,21-,22+,23+,25-,26?,27+,28+,29+,30+/m0/s1. The second-order valence-corrected chi connectivity index (χ2v) is 13.6. The number of carbonyl (C=O) groups excluding carboxylic acids is 3. The van der Waals surface area contributed by atoms with Gasteiger partial charge in [0.1, 0.15) is 35.6 Å². The lowest BCUT2D eigenvalue weighted by atomic mass is 9.42. The van der Waals surface area contributed by atoms with E-state index in [-0.39, 0.29) is 44.0 Å². The third-order valence-corrected chi connectivity index (χ3v) is 12.3. The monoisotopic (exact) mass is 560 g/mol. The highest BCUT2D eigenvalue weighted by Gasteiger charge is 2.85. The van der Waals surface area contributed by atoms with Gasteiger partial charge in [-0.2, -0.15) is 0 Å². The summed E-state index contributed by atoms with van der Waals surface area (Å²) in [6.07, 6.45) is 1.41. The predicted octanol–water partition coefficient (Wildman–Crippen LogP) is 1.27. The van der Waals surface area contributed by atoms with Crippen molar-refractivity contribution in [3.8, 4) is 0 Å². The molecule has 0 aromatic heterocycles. The molecule has 4 aliphatic carbocycles. The van der Waals surface area contributed by atoms with Gasteiger partial charge in [-0.1, -0.05) is 5.57 Å².